The van der Waals surface area contributed by atoms with Crippen LogP contribution in [0.2, 0.25) is 0 Å². The van der Waals surface area contributed by atoms with Crippen LogP contribution in [0.5, 0.6) is 0 Å². The van der Waals surface area contributed by atoms with E-state index in [1.165, 1.54) is 0 Å². The van der Waals surface area contributed by atoms with E-state index < -0.39 is 0 Å². The Hall–Kier alpha value is -1.57. The molecule has 1 aromatic carbocycles. The van der Waals surface area contributed by atoms with Crippen LogP contribution in [-0.4, -0.2) is 9.97 Å². The minimum absolute atomic E-state index is 0.834. The minimum Gasteiger partial charge on any atom is -0.351 e. The molecule has 0 saturated carbocycles. The molecular formula is C10H8N2. The highest BCUT2D eigenvalue weighted by atomic mass is 14.9. The summed E-state index contributed by atoms with van der Waals surface area (Å²) in [5.74, 6) is 0. The van der Waals surface area contributed by atoms with E-state index in [-0.39, 0.29) is 0 Å². The van der Waals surface area contributed by atoms with E-state index in [4.69, 9.17) is 0 Å². The summed E-state index contributed by atoms with van der Waals surface area (Å²) in [7, 11) is 0. The molecule has 0 bridgehead atoms. The number of hydrogen-bond acceptors (Lipinski definition) is 1. The Morgan fingerprint density at radius 2 is 2.00 bits per heavy atom. The highest BCUT2D eigenvalue weighted by Gasteiger charge is 1.96. The van der Waals surface area contributed by atoms with Gasteiger partial charge in [-0.25, -0.2) is 4.98 Å². The zero-order chi connectivity index (χ0) is 8.23. The van der Waals surface area contributed by atoms with Gasteiger partial charge in [-0.05, 0) is 5.56 Å². The van der Waals surface area contributed by atoms with Gasteiger partial charge >= 0.3 is 0 Å². The molecule has 2 aromatic rings. The molecule has 0 aliphatic rings. The van der Waals surface area contributed by atoms with Gasteiger partial charge < -0.3 is 4.98 Å². The molecule has 0 fully saturated rings. The van der Waals surface area contributed by atoms with Crippen molar-refractivity contribution in [1.29, 1.82) is 0 Å². The van der Waals surface area contributed by atoms with Crippen molar-refractivity contribution in [3.63, 3.8) is 0 Å². The van der Waals surface area contributed by atoms with E-state index in [1.807, 2.05) is 36.5 Å². The summed E-state index contributed by atoms with van der Waals surface area (Å²) < 4.78 is 0. The summed E-state index contributed by atoms with van der Waals surface area (Å²) in [6.07, 6.45) is 6.60. The lowest BCUT2D eigenvalue weighted by Gasteiger charge is -1.93. The van der Waals surface area contributed by atoms with Crippen molar-refractivity contribution in [1.82, 2.24) is 9.97 Å². The summed E-state index contributed by atoms with van der Waals surface area (Å²) in [5, 5.41) is 0. The van der Waals surface area contributed by atoms with Crippen LogP contribution >= 0.6 is 0 Å². The molecule has 1 aromatic heterocycles. The normalized spacial score (nSPS) is 10.0. The maximum Gasteiger partial charge on any atom is 0.0923 e. The molecule has 12 heavy (non-hydrogen) atoms. The smallest absolute Gasteiger partial charge is 0.0923 e. The average molecular weight is 156 g/mol. The van der Waals surface area contributed by atoms with Crippen LogP contribution in [0.25, 0.3) is 0 Å². The quantitative estimate of drug-likeness (QED) is 0.706. The molecule has 0 aliphatic carbocycles. The molecule has 0 amide bonds. The van der Waals surface area contributed by atoms with Gasteiger partial charge in [0, 0.05) is 6.20 Å². The number of nitrogens with one attached hydrogen (secondary N) is 1. The third kappa shape index (κ3) is 1.53. The lowest BCUT2D eigenvalue weighted by atomic mass is 10.1. The Bertz CT molecular complexity index is 324. The monoisotopic (exact) mass is 156 g/mol. The second kappa shape index (κ2) is 3.22. The molecule has 0 atom stereocenters. The van der Waals surface area contributed by atoms with E-state index in [0.29, 0.717) is 0 Å². The van der Waals surface area contributed by atoms with Crippen molar-refractivity contribution in [2.24, 2.45) is 0 Å². The first kappa shape index (κ1) is 7.10. The van der Waals surface area contributed by atoms with Crippen molar-refractivity contribution in [3.05, 3.63) is 60.5 Å². The Kier molecular flexibility index (Phi) is 1.90. The van der Waals surface area contributed by atoms with Gasteiger partial charge in [-0.1, -0.05) is 30.3 Å². The van der Waals surface area contributed by atoms with Gasteiger partial charge in [0.1, 0.15) is 0 Å². The lowest BCUT2D eigenvalue weighted by Crippen LogP contribution is -1.82. The van der Waals surface area contributed by atoms with Gasteiger partial charge in [-0.2, -0.15) is 0 Å². The van der Waals surface area contributed by atoms with E-state index in [2.05, 4.69) is 16.4 Å². The van der Waals surface area contributed by atoms with Gasteiger partial charge in [-0.3, -0.25) is 0 Å². The van der Waals surface area contributed by atoms with Crippen LogP contribution in [0.4, 0.5) is 0 Å². The number of nitrogens with zero attached hydrogens (tertiary/aromatic N) is 1. The largest absolute Gasteiger partial charge is 0.351 e. The Morgan fingerprint density at radius 3 is 2.67 bits per heavy atom. The van der Waals surface area contributed by atoms with E-state index in [1.54, 1.807) is 6.33 Å². The Morgan fingerprint density at radius 1 is 1.17 bits per heavy atom. The van der Waals surface area contributed by atoms with Gasteiger partial charge in [0.15, 0.2) is 0 Å². The first-order valence-corrected chi connectivity index (χ1v) is 3.76. The standard InChI is InChI=1S/C10H8N2/c1-2-4-9(5-3-1)6-10-7-11-8-12-10/h1-5,7-8H,(H,11,12). The third-order valence-corrected chi connectivity index (χ3v) is 1.54. The summed E-state index contributed by atoms with van der Waals surface area (Å²) in [4.78, 5) is 6.92. The van der Waals surface area contributed by atoms with Crippen LogP contribution in [0.3, 0.4) is 0 Å². The van der Waals surface area contributed by atoms with Crippen molar-refractivity contribution < 1.29 is 0 Å². The number of H-pyrrole nitrogens is 1. The molecule has 1 N–H and O–H groups in total. The van der Waals surface area contributed by atoms with Crippen LogP contribution < -0.4 is 0 Å². The number of rotatable bonds is 2. The first-order valence-electron chi connectivity index (χ1n) is 3.76. The molecule has 2 heteroatoms. The zero-order valence-corrected chi connectivity index (χ0v) is 6.49. The average Bonchev–Trinajstić information content (AvgIpc) is 2.59. The highest BCUT2D eigenvalue weighted by Crippen LogP contribution is 2.07. The van der Waals surface area contributed by atoms with Gasteiger partial charge in [0.05, 0.1) is 18.4 Å². The predicted octanol–water partition coefficient (Wildman–Crippen LogP) is 1.89. The second-order valence-electron chi connectivity index (χ2n) is 2.45. The maximum atomic E-state index is 4.04. The fourth-order valence-electron chi connectivity index (χ4n) is 0.998. The number of aromatic amines is 1. The van der Waals surface area contributed by atoms with Crippen LogP contribution in [0.1, 0.15) is 11.3 Å². The molecule has 58 valence electrons. The summed E-state index contributed by atoms with van der Waals surface area (Å²) >= 11 is 0. The number of benzene rings is 1. The van der Waals surface area contributed by atoms with Gasteiger partial charge in [0.2, 0.25) is 0 Å². The maximum absolute atomic E-state index is 4.04. The predicted molar refractivity (Wildman–Crippen MR) is 46.5 cm³/mol. The molecule has 2 rings (SSSR count). The molecular weight excluding hydrogens is 148 g/mol. The zero-order valence-electron chi connectivity index (χ0n) is 6.49. The van der Waals surface area contributed by atoms with E-state index in [0.717, 1.165) is 11.3 Å². The third-order valence-electron chi connectivity index (χ3n) is 1.54. The molecule has 0 unspecified atom stereocenters. The highest BCUT2D eigenvalue weighted by molar-refractivity contribution is 5.31. The molecule has 0 aliphatic heterocycles. The molecule has 1 heterocycles. The summed E-state index contributed by atoms with van der Waals surface area (Å²) in [6.45, 7) is 0. The number of imidazole rings is 1. The fourth-order valence-corrected chi connectivity index (χ4v) is 0.998. The van der Waals surface area contributed by atoms with E-state index in [9.17, 15) is 0 Å². The van der Waals surface area contributed by atoms with Gasteiger partial charge in [-0.15, -0.1) is 0 Å². The van der Waals surface area contributed by atoms with Crippen molar-refractivity contribution >= 4 is 0 Å². The molecule has 2 nitrogen and oxygen atoms in total. The topological polar surface area (TPSA) is 28.7 Å². The first-order chi connectivity index (χ1) is 5.95. The molecule has 0 spiro atoms. The van der Waals surface area contributed by atoms with Crippen molar-refractivity contribution in [2.75, 3.05) is 0 Å². The van der Waals surface area contributed by atoms with E-state index >= 15 is 0 Å². The summed E-state index contributed by atoms with van der Waals surface area (Å²) in [5.41, 5.74) is 1.88. The summed E-state index contributed by atoms with van der Waals surface area (Å²) in [6, 6.07) is 9.93. The van der Waals surface area contributed by atoms with Crippen molar-refractivity contribution in [2.45, 2.75) is 0 Å². The van der Waals surface area contributed by atoms with Gasteiger partial charge in [0.25, 0.3) is 0 Å². The van der Waals surface area contributed by atoms with Crippen molar-refractivity contribution in [3.8, 4) is 0 Å². The van der Waals surface area contributed by atoms with Crippen LogP contribution in [-0.2, 0) is 0 Å². The van der Waals surface area contributed by atoms with Crippen LogP contribution in [0.15, 0.2) is 42.9 Å². The number of aromatic nitrogens is 2. The number of hydrogen-bond donors (Lipinski definition) is 1. The minimum atomic E-state index is 0.834. The fraction of sp³-hybridized carbons (Fsp3) is 0. The molecule has 0 saturated heterocycles. The Labute approximate surface area is 71.3 Å². The molecule has 2 radical (unpaired) electrons. The lowest BCUT2D eigenvalue weighted by molar-refractivity contribution is 1.26. The SMILES string of the molecule is [C](c1ccccc1)c1c[nH]cn1. The van der Waals surface area contributed by atoms with Crippen LogP contribution in [0, 0.1) is 6.42 Å². The Balaban J connectivity index is 2.15. The second-order valence-corrected chi connectivity index (χ2v) is 2.45.